The molecule has 0 aromatic heterocycles. The Balaban J connectivity index is 2.30. The number of ether oxygens (including phenoxy) is 1. The molecule has 1 amide bonds. The Morgan fingerprint density at radius 1 is 1.19 bits per heavy atom. The molecule has 0 heterocycles. The van der Waals surface area contributed by atoms with Crippen molar-refractivity contribution in [3.8, 4) is 5.75 Å². The van der Waals surface area contributed by atoms with Gasteiger partial charge in [0.25, 0.3) is 5.91 Å². The second-order valence-electron chi connectivity index (χ2n) is 4.30. The molecule has 0 aliphatic carbocycles. The van der Waals surface area contributed by atoms with Crippen LogP contribution in [0, 0.1) is 0 Å². The smallest absolute Gasteiger partial charge is 0.337 e. The molecule has 0 aliphatic heterocycles. The van der Waals surface area contributed by atoms with Crippen LogP contribution in [0.25, 0.3) is 0 Å². The Morgan fingerprint density at radius 3 is 2.62 bits per heavy atom. The Morgan fingerprint density at radius 2 is 1.95 bits per heavy atom. The highest BCUT2D eigenvalue weighted by Gasteiger charge is 2.14. The van der Waals surface area contributed by atoms with Gasteiger partial charge in [-0.1, -0.05) is 6.07 Å². The minimum atomic E-state index is -1.14. The van der Waals surface area contributed by atoms with E-state index in [0.717, 1.165) is 0 Å². The summed E-state index contributed by atoms with van der Waals surface area (Å²) >= 11 is 0. The number of hydrogen-bond donors (Lipinski definition) is 3. The number of nitrogen functional groups attached to an aromatic ring is 1. The van der Waals surface area contributed by atoms with Crippen molar-refractivity contribution in [3.63, 3.8) is 0 Å². The summed E-state index contributed by atoms with van der Waals surface area (Å²) in [5, 5.41) is 11.7. The van der Waals surface area contributed by atoms with Gasteiger partial charge in [0.1, 0.15) is 5.75 Å². The van der Waals surface area contributed by atoms with Gasteiger partial charge in [0, 0.05) is 11.3 Å². The molecule has 2 aromatic rings. The lowest BCUT2D eigenvalue weighted by Gasteiger charge is -2.10. The van der Waals surface area contributed by atoms with E-state index >= 15 is 0 Å². The van der Waals surface area contributed by atoms with Crippen molar-refractivity contribution < 1.29 is 19.4 Å². The monoisotopic (exact) mass is 286 g/mol. The highest BCUT2D eigenvalue weighted by atomic mass is 16.5. The number of carboxylic acid groups (broad SMARTS) is 1. The van der Waals surface area contributed by atoms with Crippen LogP contribution in [-0.4, -0.2) is 24.1 Å². The summed E-state index contributed by atoms with van der Waals surface area (Å²) in [6.07, 6.45) is 0. The van der Waals surface area contributed by atoms with E-state index < -0.39 is 11.9 Å². The van der Waals surface area contributed by atoms with Crippen molar-refractivity contribution in [2.24, 2.45) is 0 Å². The summed E-state index contributed by atoms with van der Waals surface area (Å²) in [5.41, 5.74) is 6.46. The lowest BCUT2D eigenvalue weighted by atomic mass is 10.1. The zero-order valence-corrected chi connectivity index (χ0v) is 11.3. The van der Waals surface area contributed by atoms with Gasteiger partial charge >= 0.3 is 5.97 Å². The first-order valence-corrected chi connectivity index (χ1v) is 6.09. The Hall–Kier alpha value is -3.02. The molecule has 2 aromatic carbocycles. The molecule has 0 aliphatic rings. The molecular weight excluding hydrogens is 272 g/mol. The second-order valence-corrected chi connectivity index (χ2v) is 4.30. The molecule has 2 rings (SSSR count). The first-order chi connectivity index (χ1) is 10.0. The van der Waals surface area contributed by atoms with E-state index in [1.54, 1.807) is 24.3 Å². The summed E-state index contributed by atoms with van der Waals surface area (Å²) in [6, 6.07) is 10.8. The molecular formula is C15H14N2O4. The maximum absolute atomic E-state index is 12.2. The number of methoxy groups -OCH3 is 1. The number of amides is 1. The summed E-state index contributed by atoms with van der Waals surface area (Å²) in [6.45, 7) is 0. The first-order valence-electron chi connectivity index (χ1n) is 6.09. The molecule has 0 atom stereocenters. The van der Waals surface area contributed by atoms with Crippen molar-refractivity contribution in [2.75, 3.05) is 18.2 Å². The van der Waals surface area contributed by atoms with E-state index in [2.05, 4.69) is 5.32 Å². The molecule has 6 heteroatoms. The molecule has 0 fully saturated rings. The quantitative estimate of drug-likeness (QED) is 0.748. The highest BCUT2D eigenvalue weighted by molar-refractivity contribution is 6.08. The van der Waals surface area contributed by atoms with Crippen molar-refractivity contribution in [3.05, 3.63) is 53.6 Å². The summed E-state index contributed by atoms with van der Waals surface area (Å²) in [7, 11) is 1.50. The third-order valence-electron chi connectivity index (χ3n) is 2.85. The molecule has 4 N–H and O–H groups in total. The predicted molar refractivity (Wildman–Crippen MR) is 78.8 cm³/mol. The van der Waals surface area contributed by atoms with E-state index in [4.69, 9.17) is 15.6 Å². The van der Waals surface area contributed by atoms with Crippen LogP contribution in [0.5, 0.6) is 5.75 Å². The molecule has 0 radical (unpaired) electrons. The van der Waals surface area contributed by atoms with Gasteiger partial charge < -0.3 is 20.9 Å². The van der Waals surface area contributed by atoms with E-state index in [1.165, 1.54) is 25.3 Å². The van der Waals surface area contributed by atoms with Gasteiger partial charge in [-0.25, -0.2) is 4.79 Å². The highest BCUT2D eigenvalue weighted by Crippen LogP contribution is 2.21. The normalized spacial score (nSPS) is 9.95. The summed E-state index contributed by atoms with van der Waals surface area (Å²) < 4.78 is 5.04. The largest absolute Gasteiger partial charge is 0.497 e. The van der Waals surface area contributed by atoms with Gasteiger partial charge in [0.2, 0.25) is 0 Å². The van der Waals surface area contributed by atoms with Gasteiger partial charge in [0.05, 0.1) is 18.4 Å². The fourth-order valence-electron chi connectivity index (χ4n) is 1.81. The van der Waals surface area contributed by atoms with Crippen molar-refractivity contribution in [1.29, 1.82) is 0 Å². The average Bonchev–Trinajstić information content (AvgIpc) is 2.47. The number of nitrogens with two attached hydrogens (primary N) is 1. The topological polar surface area (TPSA) is 102 Å². The van der Waals surface area contributed by atoms with Crippen molar-refractivity contribution >= 4 is 23.3 Å². The molecule has 0 saturated heterocycles. The molecule has 0 unspecified atom stereocenters. The van der Waals surface area contributed by atoms with Crippen LogP contribution in [-0.2, 0) is 0 Å². The second kappa shape index (κ2) is 5.96. The zero-order chi connectivity index (χ0) is 15.4. The number of carbonyl (C=O) groups is 2. The molecule has 0 saturated carbocycles. The van der Waals surface area contributed by atoms with Crippen LogP contribution < -0.4 is 15.8 Å². The van der Waals surface area contributed by atoms with Gasteiger partial charge in [0.15, 0.2) is 0 Å². The summed E-state index contributed by atoms with van der Waals surface area (Å²) in [5.74, 6) is -1.05. The Bertz CT molecular complexity index is 698. The molecule has 108 valence electrons. The predicted octanol–water partition coefficient (Wildman–Crippen LogP) is 2.23. The number of carbonyl (C=O) groups excluding carboxylic acids is 1. The third-order valence-corrected chi connectivity index (χ3v) is 2.85. The minimum Gasteiger partial charge on any atom is -0.497 e. The number of carboxylic acids is 1. The number of nitrogens with one attached hydrogen (secondary N) is 1. The fourth-order valence-corrected chi connectivity index (χ4v) is 1.81. The Kier molecular flexibility index (Phi) is 4.08. The van der Waals surface area contributed by atoms with Crippen LogP contribution in [0.15, 0.2) is 42.5 Å². The van der Waals surface area contributed by atoms with E-state index in [0.29, 0.717) is 17.0 Å². The first kappa shape index (κ1) is 14.4. The Labute approximate surface area is 121 Å². The maximum atomic E-state index is 12.2. The number of benzene rings is 2. The standard InChI is InChI=1S/C15H14N2O4/c1-21-11-4-2-3-9(7-11)14(18)17-13-8-10(16)5-6-12(13)15(19)20/h2-8H,16H2,1H3,(H,17,18)(H,19,20). The van der Waals surface area contributed by atoms with Gasteiger partial charge in [-0.2, -0.15) is 0 Å². The average molecular weight is 286 g/mol. The SMILES string of the molecule is COc1cccc(C(=O)Nc2cc(N)ccc2C(=O)O)c1. The van der Waals surface area contributed by atoms with E-state index in [-0.39, 0.29) is 11.3 Å². The lowest BCUT2D eigenvalue weighted by Crippen LogP contribution is -2.15. The van der Waals surface area contributed by atoms with Gasteiger partial charge in [-0.15, -0.1) is 0 Å². The van der Waals surface area contributed by atoms with Crippen molar-refractivity contribution in [1.82, 2.24) is 0 Å². The van der Waals surface area contributed by atoms with Crippen LogP contribution in [0.2, 0.25) is 0 Å². The molecule has 0 spiro atoms. The lowest BCUT2D eigenvalue weighted by molar-refractivity contribution is 0.0698. The van der Waals surface area contributed by atoms with Crippen LogP contribution in [0.1, 0.15) is 20.7 Å². The maximum Gasteiger partial charge on any atom is 0.337 e. The van der Waals surface area contributed by atoms with E-state index in [1.807, 2.05) is 0 Å². The number of hydrogen-bond acceptors (Lipinski definition) is 4. The van der Waals surface area contributed by atoms with Crippen LogP contribution in [0.3, 0.4) is 0 Å². The van der Waals surface area contributed by atoms with Gasteiger partial charge in [-0.3, -0.25) is 4.79 Å². The molecule has 0 bridgehead atoms. The van der Waals surface area contributed by atoms with E-state index in [9.17, 15) is 9.59 Å². The molecule has 6 nitrogen and oxygen atoms in total. The number of aromatic carboxylic acids is 1. The number of anilines is 2. The van der Waals surface area contributed by atoms with Crippen LogP contribution in [0.4, 0.5) is 11.4 Å². The summed E-state index contributed by atoms with van der Waals surface area (Å²) in [4.78, 5) is 23.3. The van der Waals surface area contributed by atoms with Gasteiger partial charge in [-0.05, 0) is 36.4 Å². The number of rotatable bonds is 4. The fraction of sp³-hybridized carbons (Fsp3) is 0.0667. The van der Waals surface area contributed by atoms with Crippen molar-refractivity contribution in [2.45, 2.75) is 0 Å². The minimum absolute atomic E-state index is 0.0274. The third kappa shape index (κ3) is 3.30. The zero-order valence-electron chi connectivity index (χ0n) is 11.3. The van der Waals surface area contributed by atoms with Crippen LogP contribution >= 0.6 is 0 Å². The molecule has 21 heavy (non-hydrogen) atoms.